The average molecular weight is 254 g/mol. The van der Waals surface area contributed by atoms with Crippen LogP contribution in [0.5, 0.6) is 0 Å². The molecule has 0 aliphatic heterocycles. The van der Waals surface area contributed by atoms with E-state index in [0.717, 1.165) is 23.5 Å². The molecule has 0 fully saturated rings. The monoisotopic (exact) mass is 254 g/mol. The number of hydrogen-bond donors (Lipinski definition) is 0. The van der Waals surface area contributed by atoms with E-state index in [-0.39, 0.29) is 0 Å². The Morgan fingerprint density at radius 2 is 1.89 bits per heavy atom. The lowest BCUT2D eigenvalue weighted by atomic mass is 10.2. The molecule has 0 saturated heterocycles. The maximum Gasteiger partial charge on any atom is 0.415 e. The number of aryl methyl sites for hydroxylation is 1. The Labute approximate surface area is 103 Å². The van der Waals surface area contributed by atoms with Crippen LogP contribution in [0, 0.1) is 20.2 Å². The Morgan fingerprint density at radius 3 is 2.39 bits per heavy atom. The summed E-state index contributed by atoms with van der Waals surface area (Å²) in [5.74, 6) is 0. The van der Waals surface area contributed by atoms with E-state index in [2.05, 4.69) is 6.33 Å². The highest BCUT2D eigenvalue weighted by molar-refractivity contribution is 5.38. The first-order valence-corrected chi connectivity index (χ1v) is 5.45. The maximum atomic E-state index is 12.6. The number of hydrogen-bond acceptors (Lipinski definition) is 0. The van der Waals surface area contributed by atoms with Gasteiger partial charge in [0.25, 0.3) is 0 Å². The second-order valence-electron chi connectivity index (χ2n) is 4.21. The van der Waals surface area contributed by atoms with Crippen LogP contribution in [0.15, 0.2) is 24.3 Å². The number of benzene rings is 1. The highest BCUT2D eigenvalue weighted by Crippen LogP contribution is 2.30. The summed E-state index contributed by atoms with van der Waals surface area (Å²) in [6.07, 6.45) is -1.35. The van der Waals surface area contributed by atoms with E-state index in [1.54, 1.807) is 15.2 Å². The van der Waals surface area contributed by atoms with E-state index in [9.17, 15) is 13.2 Å². The van der Waals surface area contributed by atoms with Crippen molar-refractivity contribution in [3.63, 3.8) is 0 Å². The van der Waals surface area contributed by atoms with Gasteiger partial charge in [-0.25, -0.2) is 0 Å². The lowest BCUT2D eigenvalue weighted by molar-refractivity contribution is -0.681. The molecule has 0 bridgehead atoms. The van der Waals surface area contributed by atoms with Crippen LogP contribution in [0.3, 0.4) is 0 Å². The summed E-state index contributed by atoms with van der Waals surface area (Å²) >= 11 is 0. The molecule has 0 atom stereocenters. The van der Waals surface area contributed by atoms with Crippen LogP contribution in [0.1, 0.15) is 17.0 Å². The molecular weight excluding hydrogens is 241 g/mol. The summed E-state index contributed by atoms with van der Waals surface area (Å²) < 4.78 is 41.3. The van der Waals surface area contributed by atoms with Crippen molar-refractivity contribution >= 4 is 0 Å². The molecule has 1 heterocycles. The fraction of sp³-hybridized carbons (Fsp3) is 0.308. The molecule has 0 amide bonds. The van der Waals surface area contributed by atoms with Crippen LogP contribution in [-0.2, 0) is 13.2 Å². The zero-order valence-corrected chi connectivity index (χ0v) is 10.3. The lowest BCUT2D eigenvalue weighted by Gasteiger charge is -2.10. The molecule has 2 aromatic rings. The minimum absolute atomic E-state index is 0.464. The van der Waals surface area contributed by atoms with Crippen LogP contribution in [0.2, 0.25) is 0 Å². The Balaban J connectivity index is 2.55. The van der Waals surface area contributed by atoms with Gasteiger partial charge in [-0.15, -0.1) is 0 Å². The smallest absolute Gasteiger partial charge is 0.323 e. The van der Waals surface area contributed by atoms with Gasteiger partial charge in [-0.1, -0.05) is 18.2 Å². The van der Waals surface area contributed by atoms with Crippen molar-refractivity contribution in [2.45, 2.75) is 20.0 Å². The topological polar surface area (TPSA) is 8.81 Å². The Hall–Kier alpha value is -1.78. The third kappa shape index (κ3) is 2.12. The van der Waals surface area contributed by atoms with Crippen LogP contribution in [0.25, 0.3) is 5.69 Å². The quantitative estimate of drug-likeness (QED) is 0.546. The molecular formula is C13H13F3N2. The largest absolute Gasteiger partial charge is 0.415 e. The molecule has 1 aromatic carbocycles. The molecule has 96 valence electrons. The number of nitrogens with zero attached hydrogens (tertiary/aromatic N) is 2. The minimum atomic E-state index is -4.33. The first-order chi connectivity index (χ1) is 8.30. The van der Waals surface area contributed by atoms with E-state index < -0.39 is 11.7 Å². The van der Waals surface area contributed by atoms with E-state index >= 15 is 0 Å². The molecule has 5 heteroatoms. The second-order valence-corrected chi connectivity index (χ2v) is 4.21. The Bertz CT molecular complexity index is 582. The van der Waals surface area contributed by atoms with E-state index in [4.69, 9.17) is 0 Å². The van der Waals surface area contributed by atoms with Gasteiger partial charge in [-0.2, -0.15) is 13.2 Å². The average Bonchev–Trinajstić information content (AvgIpc) is 2.56. The molecule has 0 saturated carbocycles. The van der Waals surface area contributed by atoms with Crippen molar-refractivity contribution < 1.29 is 17.7 Å². The molecule has 2 rings (SSSR count). The van der Waals surface area contributed by atoms with Crippen LogP contribution < -0.4 is 4.57 Å². The number of aromatic nitrogens is 2. The zero-order valence-electron chi connectivity index (χ0n) is 10.3. The SMILES string of the molecule is Cc1c(C)[n+](C)[c-]n1-c1cccc(C(F)(F)F)c1. The van der Waals surface area contributed by atoms with Gasteiger partial charge in [-0.05, 0) is 19.9 Å². The summed E-state index contributed by atoms with van der Waals surface area (Å²) in [6, 6.07) is 5.23. The number of imidazole rings is 1. The molecule has 18 heavy (non-hydrogen) atoms. The normalized spacial score (nSPS) is 11.9. The predicted molar refractivity (Wildman–Crippen MR) is 60.3 cm³/mol. The maximum absolute atomic E-state index is 12.6. The number of alkyl halides is 3. The van der Waals surface area contributed by atoms with E-state index in [1.165, 1.54) is 6.07 Å². The molecule has 0 N–H and O–H groups in total. The van der Waals surface area contributed by atoms with E-state index in [1.807, 2.05) is 20.9 Å². The van der Waals surface area contributed by atoms with E-state index in [0.29, 0.717) is 5.69 Å². The Kier molecular flexibility index (Phi) is 2.92. The van der Waals surface area contributed by atoms with Gasteiger partial charge in [0.15, 0.2) is 0 Å². The third-order valence-electron chi connectivity index (χ3n) is 3.04. The lowest BCUT2D eigenvalue weighted by Crippen LogP contribution is -2.29. The number of rotatable bonds is 1. The summed E-state index contributed by atoms with van der Waals surface area (Å²) in [6.45, 7) is 3.75. The molecule has 2 nitrogen and oxygen atoms in total. The summed E-state index contributed by atoms with van der Waals surface area (Å²) in [4.78, 5) is 0. The van der Waals surface area contributed by atoms with Crippen molar-refractivity contribution in [3.8, 4) is 5.69 Å². The van der Waals surface area contributed by atoms with Crippen molar-refractivity contribution in [2.75, 3.05) is 0 Å². The Morgan fingerprint density at radius 1 is 1.22 bits per heavy atom. The van der Waals surface area contributed by atoms with Crippen molar-refractivity contribution in [1.82, 2.24) is 4.57 Å². The summed E-state index contributed by atoms with van der Waals surface area (Å²) in [7, 11) is 1.81. The zero-order chi connectivity index (χ0) is 13.5. The van der Waals surface area contributed by atoms with Gasteiger partial charge in [0.1, 0.15) is 0 Å². The van der Waals surface area contributed by atoms with Crippen LogP contribution in [0.4, 0.5) is 13.2 Å². The van der Waals surface area contributed by atoms with Crippen LogP contribution >= 0.6 is 0 Å². The first kappa shape index (κ1) is 12.7. The second kappa shape index (κ2) is 4.15. The highest BCUT2D eigenvalue weighted by atomic mass is 19.4. The van der Waals surface area contributed by atoms with Gasteiger partial charge < -0.3 is 9.13 Å². The van der Waals surface area contributed by atoms with Gasteiger partial charge in [-0.3, -0.25) is 0 Å². The molecule has 0 aliphatic rings. The van der Waals surface area contributed by atoms with Gasteiger partial charge in [0, 0.05) is 11.4 Å². The van der Waals surface area contributed by atoms with Crippen LogP contribution in [-0.4, -0.2) is 4.57 Å². The molecule has 0 radical (unpaired) electrons. The third-order valence-corrected chi connectivity index (χ3v) is 3.04. The fourth-order valence-corrected chi connectivity index (χ4v) is 1.78. The van der Waals surface area contributed by atoms with Crippen molar-refractivity contribution in [1.29, 1.82) is 0 Å². The highest BCUT2D eigenvalue weighted by Gasteiger charge is 2.30. The van der Waals surface area contributed by atoms with Gasteiger partial charge in [0.05, 0.1) is 18.3 Å². The standard InChI is InChI=1S/C13H13F3N2/c1-9-10(2)18(8-17(9)3)12-6-4-5-11(7-12)13(14,15)16/h4-7H,1-3H3. The van der Waals surface area contributed by atoms with Crippen molar-refractivity contribution in [2.24, 2.45) is 7.05 Å². The molecule has 0 aliphatic carbocycles. The fourth-order valence-electron chi connectivity index (χ4n) is 1.78. The molecule has 0 unspecified atom stereocenters. The molecule has 1 aromatic heterocycles. The van der Waals surface area contributed by atoms with Crippen molar-refractivity contribution in [3.05, 3.63) is 47.5 Å². The first-order valence-electron chi connectivity index (χ1n) is 5.45. The molecule has 0 spiro atoms. The van der Waals surface area contributed by atoms with Gasteiger partial charge in [0.2, 0.25) is 6.33 Å². The predicted octanol–water partition coefficient (Wildman–Crippen LogP) is 2.74. The number of halogens is 3. The van der Waals surface area contributed by atoms with Gasteiger partial charge >= 0.3 is 6.18 Å². The summed E-state index contributed by atoms with van der Waals surface area (Å²) in [5, 5.41) is 0. The minimum Gasteiger partial charge on any atom is -0.323 e. The summed E-state index contributed by atoms with van der Waals surface area (Å²) in [5.41, 5.74) is 1.65.